The van der Waals surface area contributed by atoms with Crippen molar-refractivity contribution < 1.29 is 19.0 Å². The maximum absolute atomic E-state index is 10.4. The number of thiazole rings is 1. The van der Waals surface area contributed by atoms with Gasteiger partial charge in [0.1, 0.15) is 29.0 Å². The Morgan fingerprint density at radius 1 is 1.03 bits per heavy atom. The van der Waals surface area contributed by atoms with Crippen LogP contribution in [0.5, 0.6) is 17.2 Å². The molecule has 0 amide bonds. The van der Waals surface area contributed by atoms with Crippen LogP contribution in [0.15, 0.2) is 83.1 Å². The fourth-order valence-electron chi connectivity index (χ4n) is 3.35. The van der Waals surface area contributed by atoms with Crippen LogP contribution >= 0.6 is 23.1 Å². The molecular weight excluding hydrogens is 504 g/mol. The summed E-state index contributed by atoms with van der Waals surface area (Å²) in [6.07, 6.45) is 3.61. The van der Waals surface area contributed by atoms with Crippen LogP contribution in [0.4, 0.5) is 5.69 Å². The fourth-order valence-corrected chi connectivity index (χ4v) is 4.54. The first-order valence-corrected chi connectivity index (χ1v) is 13.9. The van der Waals surface area contributed by atoms with E-state index in [-0.39, 0.29) is 6.10 Å². The number of rotatable bonds is 11. The lowest BCUT2D eigenvalue weighted by Gasteiger charge is -2.16. The lowest BCUT2D eigenvalue weighted by Crippen LogP contribution is -2.18. The molecule has 0 bridgehead atoms. The van der Waals surface area contributed by atoms with Crippen LogP contribution in [0.2, 0.25) is 0 Å². The van der Waals surface area contributed by atoms with Crippen LogP contribution in [0.1, 0.15) is 28.0 Å². The van der Waals surface area contributed by atoms with Gasteiger partial charge in [-0.2, -0.15) is 0 Å². The van der Waals surface area contributed by atoms with Gasteiger partial charge >= 0.3 is 0 Å². The molecular formula is C29H32N2O4S2. The summed E-state index contributed by atoms with van der Waals surface area (Å²) in [6, 6.07) is 23.9. The van der Waals surface area contributed by atoms with Crippen molar-refractivity contribution >= 4 is 35.1 Å². The van der Waals surface area contributed by atoms with Crippen molar-refractivity contribution in [3.8, 4) is 17.2 Å². The van der Waals surface area contributed by atoms with E-state index in [2.05, 4.69) is 28.7 Å². The third kappa shape index (κ3) is 9.57. The second-order valence-corrected chi connectivity index (χ2v) is 9.87. The van der Waals surface area contributed by atoms with E-state index in [9.17, 15) is 4.79 Å². The van der Waals surface area contributed by atoms with Gasteiger partial charge in [0.2, 0.25) is 0 Å². The molecule has 0 unspecified atom stereocenters. The SMILES string of the molecule is CNc1cc(Oc2ccc(SC)cc2)cc(O[C@@H](C)COC)c1.O=Cc1csc(Cc2ccccc2)n1. The van der Waals surface area contributed by atoms with Crippen LogP contribution in [0, 0.1) is 0 Å². The Bertz CT molecular complexity index is 1230. The number of aromatic nitrogens is 1. The zero-order valence-corrected chi connectivity index (χ0v) is 23.1. The highest BCUT2D eigenvalue weighted by Gasteiger charge is 2.08. The van der Waals surface area contributed by atoms with Crippen molar-refractivity contribution in [2.24, 2.45) is 0 Å². The first-order valence-electron chi connectivity index (χ1n) is 11.8. The third-order valence-corrected chi connectivity index (χ3v) is 6.70. The number of ether oxygens (including phenoxy) is 3. The van der Waals surface area contributed by atoms with Crippen molar-refractivity contribution in [1.29, 1.82) is 0 Å². The molecule has 4 aromatic rings. The van der Waals surface area contributed by atoms with Crippen molar-refractivity contribution in [3.05, 3.63) is 94.4 Å². The van der Waals surface area contributed by atoms with Crippen molar-refractivity contribution in [3.63, 3.8) is 0 Å². The lowest BCUT2D eigenvalue weighted by molar-refractivity contribution is 0.0920. The molecule has 6 nitrogen and oxygen atoms in total. The summed E-state index contributed by atoms with van der Waals surface area (Å²) in [7, 11) is 3.53. The van der Waals surface area contributed by atoms with Gasteiger partial charge in [-0.25, -0.2) is 4.98 Å². The first-order chi connectivity index (χ1) is 18.0. The number of thioether (sulfide) groups is 1. The van der Waals surface area contributed by atoms with Gasteiger partial charge in [-0.3, -0.25) is 4.79 Å². The molecule has 0 aliphatic heterocycles. The number of nitrogens with zero attached hydrogens (tertiary/aromatic N) is 1. The molecule has 0 spiro atoms. The molecule has 0 radical (unpaired) electrons. The van der Waals surface area contributed by atoms with Gasteiger partial charge in [-0.05, 0) is 43.0 Å². The van der Waals surface area contributed by atoms with Crippen molar-refractivity contribution in [1.82, 2.24) is 4.98 Å². The maximum Gasteiger partial charge on any atom is 0.169 e. The van der Waals surface area contributed by atoms with Gasteiger partial charge in [0.05, 0.1) is 11.6 Å². The Labute approximate surface area is 227 Å². The number of hydrogen-bond donors (Lipinski definition) is 1. The number of carbonyl (C=O) groups is 1. The first kappa shape index (κ1) is 28.2. The molecule has 0 saturated carbocycles. The lowest BCUT2D eigenvalue weighted by atomic mass is 10.2. The monoisotopic (exact) mass is 536 g/mol. The average Bonchev–Trinajstić information content (AvgIpc) is 3.37. The summed E-state index contributed by atoms with van der Waals surface area (Å²) >= 11 is 3.23. The van der Waals surface area contributed by atoms with E-state index < -0.39 is 0 Å². The van der Waals surface area contributed by atoms with E-state index in [4.69, 9.17) is 14.2 Å². The molecule has 0 aliphatic carbocycles. The van der Waals surface area contributed by atoms with Crippen LogP contribution in [-0.2, 0) is 11.2 Å². The Hall–Kier alpha value is -3.33. The Balaban J connectivity index is 0.000000231. The molecule has 1 atom stereocenters. The quantitative estimate of drug-likeness (QED) is 0.160. The van der Waals surface area contributed by atoms with Crippen LogP contribution in [0.3, 0.4) is 0 Å². The number of carbonyl (C=O) groups excluding carboxylic acids is 1. The molecule has 0 fully saturated rings. The van der Waals surface area contributed by atoms with Crippen LogP contribution in [-0.4, -0.2) is 44.4 Å². The minimum atomic E-state index is -0.0270. The molecule has 4 rings (SSSR count). The van der Waals surface area contributed by atoms with Crippen molar-refractivity contribution in [2.45, 2.75) is 24.3 Å². The predicted molar refractivity (Wildman–Crippen MR) is 153 cm³/mol. The van der Waals surface area contributed by atoms with Gasteiger partial charge in [-0.1, -0.05) is 30.3 Å². The zero-order valence-electron chi connectivity index (χ0n) is 21.5. The summed E-state index contributed by atoms with van der Waals surface area (Å²) in [5.74, 6) is 2.28. The smallest absolute Gasteiger partial charge is 0.169 e. The summed E-state index contributed by atoms with van der Waals surface area (Å²) in [4.78, 5) is 15.8. The minimum absolute atomic E-state index is 0.0270. The number of benzene rings is 3. The highest BCUT2D eigenvalue weighted by Crippen LogP contribution is 2.31. The molecule has 0 aliphatic rings. The number of anilines is 1. The topological polar surface area (TPSA) is 69.7 Å². The number of aldehydes is 1. The zero-order chi connectivity index (χ0) is 26.5. The predicted octanol–water partition coefficient (Wildman–Crippen LogP) is 7.20. The van der Waals surface area contributed by atoms with Gasteiger partial charge in [-0.15, -0.1) is 23.1 Å². The maximum atomic E-state index is 10.4. The fraction of sp³-hybridized carbons (Fsp3) is 0.241. The Kier molecular flexibility index (Phi) is 11.5. The highest BCUT2D eigenvalue weighted by atomic mass is 32.2. The van der Waals surface area contributed by atoms with Crippen molar-refractivity contribution in [2.75, 3.05) is 32.3 Å². The second-order valence-electron chi connectivity index (χ2n) is 8.05. The van der Waals surface area contributed by atoms with Gasteiger partial charge in [0.25, 0.3) is 0 Å². The molecule has 1 aromatic heterocycles. The second kappa shape index (κ2) is 15.0. The van der Waals surface area contributed by atoms with Gasteiger partial charge in [0, 0.05) is 54.7 Å². The largest absolute Gasteiger partial charge is 0.488 e. The molecule has 8 heteroatoms. The summed E-state index contributed by atoms with van der Waals surface area (Å²) in [5.41, 5.74) is 2.68. The normalized spacial score (nSPS) is 11.1. The number of methoxy groups -OCH3 is 1. The minimum Gasteiger partial charge on any atom is -0.488 e. The summed E-state index contributed by atoms with van der Waals surface area (Å²) in [5, 5.41) is 5.89. The number of hydrogen-bond acceptors (Lipinski definition) is 8. The molecule has 3 aromatic carbocycles. The highest BCUT2D eigenvalue weighted by molar-refractivity contribution is 7.98. The molecule has 194 valence electrons. The van der Waals surface area contributed by atoms with E-state index in [1.165, 1.54) is 21.8 Å². The summed E-state index contributed by atoms with van der Waals surface area (Å²) in [6.45, 7) is 2.51. The molecule has 37 heavy (non-hydrogen) atoms. The average molecular weight is 537 g/mol. The van der Waals surface area contributed by atoms with E-state index in [1.54, 1.807) is 24.3 Å². The van der Waals surface area contributed by atoms with Crippen LogP contribution in [0.25, 0.3) is 0 Å². The summed E-state index contributed by atoms with van der Waals surface area (Å²) < 4.78 is 16.9. The Morgan fingerprint density at radius 3 is 2.38 bits per heavy atom. The van der Waals surface area contributed by atoms with Crippen LogP contribution < -0.4 is 14.8 Å². The molecule has 1 heterocycles. The standard InChI is InChI=1S/C18H23NO3S.C11H9NOS/c1-13(12-20-3)21-16-9-14(19-2)10-17(11-16)22-15-5-7-18(23-4)8-6-15;13-7-10-8-14-11(12-10)6-9-4-2-1-3-5-9/h5-11,13,19H,12H2,1-4H3;1-5,7-8H,6H2/t13-;/m0./s1. The third-order valence-electron chi connectivity index (χ3n) is 5.09. The Morgan fingerprint density at radius 2 is 1.76 bits per heavy atom. The van der Waals surface area contributed by atoms with Gasteiger partial charge < -0.3 is 19.5 Å². The van der Waals surface area contributed by atoms with E-state index >= 15 is 0 Å². The molecule has 0 saturated heterocycles. The van der Waals surface area contributed by atoms with E-state index in [0.29, 0.717) is 12.3 Å². The van der Waals surface area contributed by atoms with Gasteiger partial charge in [0.15, 0.2) is 6.29 Å². The number of nitrogens with one attached hydrogen (secondary N) is 1. The van der Waals surface area contributed by atoms with E-state index in [0.717, 1.165) is 40.7 Å². The van der Waals surface area contributed by atoms with E-state index in [1.807, 2.05) is 74.6 Å². The molecule has 1 N–H and O–H groups in total.